The van der Waals surface area contributed by atoms with E-state index in [-0.39, 0.29) is 36.2 Å². The Morgan fingerprint density at radius 3 is 2.32 bits per heavy atom. The number of aryl methyl sites for hydroxylation is 1. The fourth-order valence-electron chi connectivity index (χ4n) is 5.80. The fourth-order valence-corrected chi connectivity index (χ4v) is 5.80. The van der Waals surface area contributed by atoms with Gasteiger partial charge in [-0.2, -0.15) is 0 Å². The molecule has 1 amide bonds. The second-order valence-electron chi connectivity index (χ2n) is 12.4. The Morgan fingerprint density at radius 1 is 0.976 bits per heavy atom. The largest absolute Gasteiger partial charge is 0.390 e. The molecule has 7 heteroatoms. The van der Waals surface area contributed by atoms with Crippen LogP contribution in [0.1, 0.15) is 81.5 Å². The number of nitrogens with zero attached hydrogens (tertiary/aromatic N) is 1. The highest BCUT2D eigenvalue weighted by Gasteiger charge is 2.35. The van der Waals surface area contributed by atoms with E-state index in [2.05, 4.69) is 60.7 Å². The summed E-state index contributed by atoms with van der Waals surface area (Å²) in [6, 6.07) is 15.0. The molecule has 1 heterocycles. The Morgan fingerprint density at radius 2 is 1.66 bits per heavy atom. The summed E-state index contributed by atoms with van der Waals surface area (Å²) in [6.45, 7) is 6.84. The molecular weight excluding hydrogens is 520 g/mol. The molecule has 0 bridgehead atoms. The molecule has 41 heavy (non-hydrogen) atoms. The van der Waals surface area contributed by atoms with Gasteiger partial charge in [-0.25, -0.2) is 8.78 Å². The van der Waals surface area contributed by atoms with Gasteiger partial charge in [0.15, 0.2) is 0 Å². The number of carbonyl (C=O) groups excluding carboxylic acids is 1. The molecule has 0 radical (unpaired) electrons. The third kappa shape index (κ3) is 8.66. The number of aromatic nitrogens is 1. The molecule has 1 aliphatic rings. The van der Waals surface area contributed by atoms with Crippen LogP contribution >= 0.6 is 0 Å². The van der Waals surface area contributed by atoms with Gasteiger partial charge in [0.05, 0.1) is 12.1 Å². The standard InChI is InChI=1S/C34H43F2N3O2/c1-33(2,3)26-8-7-9-27(21-26)34(14-5-4-6-15-34)38-23-31(40)30(20-25-18-28(35)22-29(36)19-25)39-32(41)11-10-24-12-16-37-17-13-24/h7-9,12-13,16-19,21-22,30-31,38,40H,4-6,10-11,14-15,20,23H2,1-3H3,(H,39,41). The van der Waals surface area contributed by atoms with Crippen molar-refractivity contribution < 1.29 is 18.7 Å². The number of benzene rings is 2. The lowest BCUT2D eigenvalue weighted by molar-refractivity contribution is -0.122. The van der Waals surface area contributed by atoms with Crippen LogP contribution in [0.3, 0.4) is 0 Å². The molecule has 3 N–H and O–H groups in total. The van der Waals surface area contributed by atoms with E-state index in [9.17, 15) is 18.7 Å². The van der Waals surface area contributed by atoms with Gasteiger partial charge in [0.1, 0.15) is 11.6 Å². The van der Waals surface area contributed by atoms with Crippen LogP contribution in [0.15, 0.2) is 67.0 Å². The molecule has 1 aromatic heterocycles. The van der Waals surface area contributed by atoms with E-state index in [1.54, 1.807) is 12.4 Å². The summed E-state index contributed by atoms with van der Waals surface area (Å²) in [4.78, 5) is 17.0. The van der Waals surface area contributed by atoms with Gasteiger partial charge in [0.25, 0.3) is 0 Å². The van der Waals surface area contributed by atoms with Crippen molar-refractivity contribution in [2.45, 2.75) is 95.2 Å². The second-order valence-corrected chi connectivity index (χ2v) is 12.4. The van der Waals surface area contributed by atoms with Crippen LogP contribution in [0.4, 0.5) is 8.78 Å². The third-order valence-corrected chi connectivity index (χ3v) is 8.22. The molecule has 2 atom stereocenters. The van der Waals surface area contributed by atoms with Gasteiger partial charge in [0.2, 0.25) is 5.91 Å². The third-order valence-electron chi connectivity index (χ3n) is 8.22. The highest BCUT2D eigenvalue weighted by atomic mass is 19.1. The lowest BCUT2D eigenvalue weighted by Crippen LogP contribution is -2.53. The number of halogens is 2. The van der Waals surface area contributed by atoms with Crippen molar-refractivity contribution in [1.29, 1.82) is 0 Å². The first-order valence-electron chi connectivity index (χ1n) is 14.7. The Labute approximate surface area is 242 Å². The summed E-state index contributed by atoms with van der Waals surface area (Å²) < 4.78 is 28.0. The summed E-state index contributed by atoms with van der Waals surface area (Å²) in [5.74, 6) is -1.60. The topological polar surface area (TPSA) is 74.2 Å². The van der Waals surface area contributed by atoms with Crippen LogP contribution in [0.5, 0.6) is 0 Å². The molecule has 2 unspecified atom stereocenters. The number of nitrogens with one attached hydrogen (secondary N) is 2. The van der Waals surface area contributed by atoms with Crippen LogP contribution < -0.4 is 10.6 Å². The van der Waals surface area contributed by atoms with Gasteiger partial charge in [-0.05, 0) is 77.6 Å². The SMILES string of the molecule is CC(C)(C)c1cccc(C2(NCC(O)C(Cc3cc(F)cc(F)c3)NC(=O)CCc3ccncc3)CCCCC2)c1. The quantitative estimate of drug-likeness (QED) is 0.263. The molecule has 0 spiro atoms. The molecule has 4 rings (SSSR count). The van der Waals surface area contributed by atoms with E-state index in [0.717, 1.165) is 37.3 Å². The zero-order valence-corrected chi connectivity index (χ0v) is 24.4. The lowest BCUT2D eigenvalue weighted by Gasteiger charge is -2.41. The Hall–Kier alpha value is -3.16. The molecule has 1 fully saturated rings. The minimum atomic E-state index is -0.976. The lowest BCUT2D eigenvalue weighted by atomic mass is 9.74. The van der Waals surface area contributed by atoms with E-state index < -0.39 is 23.8 Å². The maximum Gasteiger partial charge on any atom is 0.220 e. The maximum absolute atomic E-state index is 14.0. The molecule has 3 aromatic rings. The first-order chi connectivity index (χ1) is 19.5. The number of amides is 1. The zero-order valence-electron chi connectivity index (χ0n) is 24.4. The van der Waals surface area contributed by atoms with E-state index in [1.165, 1.54) is 29.7 Å². The average Bonchev–Trinajstić information content (AvgIpc) is 2.94. The summed E-state index contributed by atoms with van der Waals surface area (Å²) in [5, 5.41) is 18.1. The van der Waals surface area contributed by atoms with E-state index in [1.807, 2.05) is 12.1 Å². The number of aliphatic hydroxyl groups excluding tert-OH is 1. The highest BCUT2D eigenvalue weighted by Crippen LogP contribution is 2.38. The van der Waals surface area contributed by atoms with Crippen molar-refractivity contribution in [3.05, 3.63) is 101 Å². The van der Waals surface area contributed by atoms with Gasteiger partial charge in [-0.15, -0.1) is 0 Å². The van der Waals surface area contributed by atoms with E-state index in [0.29, 0.717) is 12.0 Å². The molecule has 0 aliphatic heterocycles. The van der Waals surface area contributed by atoms with Gasteiger partial charge in [0, 0.05) is 37.0 Å². The highest BCUT2D eigenvalue weighted by molar-refractivity contribution is 5.76. The first kappa shape index (κ1) is 30.8. The van der Waals surface area contributed by atoms with Crippen LogP contribution in [-0.2, 0) is 28.6 Å². The van der Waals surface area contributed by atoms with Gasteiger partial charge in [-0.3, -0.25) is 9.78 Å². The van der Waals surface area contributed by atoms with Crippen molar-refractivity contribution in [3.63, 3.8) is 0 Å². The van der Waals surface area contributed by atoms with E-state index in [4.69, 9.17) is 0 Å². The molecule has 1 saturated carbocycles. The smallest absolute Gasteiger partial charge is 0.220 e. The van der Waals surface area contributed by atoms with E-state index >= 15 is 0 Å². The van der Waals surface area contributed by atoms with Crippen LogP contribution in [0.25, 0.3) is 0 Å². The number of rotatable bonds is 11. The van der Waals surface area contributed by atoms with Gasteiger partial charge in [-0.1, -0.05) is 64.3 Å². The van der Waals surface area contributed by atoms with Crippen molar-refractivity contribution >= 4 is 5.91 Å². The van der Waals surface area contributed by atoms with Crippen LogP contribution in [0.2, 0.25) is 0 Å². The minimum absolute atomic E-state index is 0.0112. The number of carbonyl (C=O) groups is 1. The predicted molar refractivity (Wildman–Crippen MR) is 158 cm³/mol. The second kappa shape index (κ2) is 13.7. The van der Waals surface area contributed by atoms with Crippen molar-refractivity contribution in [1.82, 2.24) is 15.6 Å². The Bertz CT molecular complexity index is 1270. The molecule has 0 saturated heterocycles. The summed E-state index contributed by atoms with van der Waals surface area (Å²) in [5.41, 5.74) is 3.55. The van der Waals surface area contributed by atoms with Crippen LogP contribution in [0, 0.1) is 11.6 Å². The molecule has 5 nitrogen and oxygen atoms in total. The monoisotopic (exact) mass is 563 g/mol. The number of aliphatic hydroxyl groups is 1. The first-order valence-corrected chi connectivity index (χ1v) is 14.7. The van der Waals surface area contributed by atoms with Crippen molar-refractivity contribution in [2.75, 3.05) is 6.54 Å². The predicted octanol–water partition coefficient (Wildman–Crippen LogP) is 6.13. The number of hydrogen-bond donors (Lipinski definition) is 3. The Balaban J connectivity index is 1.52. The zero-order chi connectivity index (χ0) is 29.5. The van der Waals surface area contributed by atoms with Crippen LogP contribution in [-0.4, -0.2) is 34.7 Å². The average molecular weight is 564 g/mol. The van der Waals surface area contributed by atoms with Gasteiger partial charge >= 0.3 is 0 Å². The number of hydrogen-bond acceptors (Lipinski definition) is 4. The summed E-state index contributed by atoms with van der Waals surface area (Å²) in [7, 11) is 0. The maximum atomic E-state index is 14.0. The molecular formula is C34H43F2N3O2. The van der Waals surface area contributed by atoms with Crippen molar-refractivity contribution in [3.8, 4) is 0 Å². The summed E-state index contributed by atoms with van der Waals surface area (Å²) in [6.07, 6.45) is 8.48. The molecule has 1 aliphatic carbocycles. The number of pyridine rings is 1. The fraction of sp³-hybridized carbons (Fsp3) is 0.471. The molecule has 220 valence electrons. The van der Waals surface area contributed by atoms with Gasteiger partial charge < -0.3 is 15.7 Å². The van der Waals surface area contributed by atoms with Crippen molar-refractivity contribution in [2.24, 2.45) is 0 Å². The Kier molecular flexibility index (Phi) is 10.3. The minimum Gasteiger partial charge on any atom is -0.390 e. The summed E-state index contributed by atoms with van der Waals surface area (Å²) >= 11 is 0. The normalized spacial score (nSPS) is 16.6. The molecule has 2 aromatic carbocycles.